The van der Waals surface area contributed by atoms with Crippen LogP contribution in [0.3, 0.4) is 0 Å². The average Bonchev–Trinajstić information content (AvgIpc) is 4.17. The maximum Gasteiger partial charge on any atom is 0.162 e. The van der Waals surface area contributed by atoms with Crippen LogP contribution >= 0.6 is 0 Å². The molecule has 4 heterocycles. The van der Waals surface area contributed by atoms with Crippen molar-refractivity contribution in [2.24, 2.45) is 0 Å². The SMILES string of the molecule is CC(C)(C)c1ccc2c(c1)c1cc(C(C)(C)C)ccc1n2-c1c(C#N)cc(-n2c3ccc(C(C)(C)C)cc3c3cc(C(C)(C)C)ccc32)c2c1oc1c(-c3cc(-c4ccccc4)nc(-c4ccccc4)n3)cccc12. The molecule has 0 N–H and O–H groups in total. The van der Waals surface area contributed by atoms with E-state index in [4.69, 9.17) is 14.4 Å². The fourth-order valence-electron chi connectivity index (χ4n) is 11.1. The first-order valence-electron chi connectivity index (χ1n) is 26.3. The van der Waals surface area contributed by atoms with Crippen molar-refractivity contribution in [3.8, 4) is 51.3 Å². The molecule has 0 unspecified atom stereocenters. The molecule has 0 saturated carbocycles. The zero-order valence-corrected chi connectivity index (χ0v) is 45.2. The highest BCUT2D eigenvalue weighted by Gasteiger charge is 2.30. The van der Waals surface area contributed by atoms with Gasteiger partial charge in [-0.1, -0.05) is 180 Å². The molecule has 370 valence electrons. The van der Waals surface area contributed by atoms with E-state index < -0.39 is 0 Å². The van der Waals surface area contributed by atoms with Gasteiger partial charge in [-0.2, -0.15) is 5.26 Å². The Morgan fingerprint density at radius 3 is 1.31 bits per heavy atom. The van der Waals surface area contributed by atoms with Crippen LogP contribution in [0.4, 0.5) is 0 Å². The minimum absolute atomic E-state index is 0.0738. The third kappa shape index (κ3) is 7.91. The highest BCUT2D eigenvalue weighted by Crippen LogP contribution is 2.48. The van der Waals surface area contributed by atoms with Gasteiger partial charge in [0.05, 0.1) is 50.1 Å². The van der Waals surface area contributed by atoms with Crippen LogP contribution < -0.4 is 0 Å². The van der Waals surface area contributed by atoms with Gasteiger partial charge in [-0.15, -0.1) is 0 Å². The number of nitrogens with zero attached hydrogens (tertiary/aromatic N) is 5. The van der Waals surface area contributed by atoms with E-state index in [0.29, 0.717) is 28.2 Å². The molecule has 0 aliphatic heterocycles. The molecule has 12 aromatic rings. The molecule has 6 heteroatoms. The Hall–Kier alpha value is -8.27. The van der Waals surface area contributed by atoms with E-state index in [0.717, 1.165) is 77.4 Å². The first-order chi connectivity index (χ1) is 35.7. The number of benzene rings is 8. The molecule has 0 atom stereocenters. The lowest BCUT2D eigenvalue weighted by molar-refractivity contribution is 0.590. The number of fused-ring (bicyclic) bond motifs is 9. The summed E-state index contributed by atoms with van der Waals surface area (Å²) in [4.78, 5) is 10.5. The van der Waals surface area contributed by atoms with Crippen molar-refractivity contribution in [1.82, 2.24) is 19.1 Å². The van der Waals surface area contributed by atoms with Crippen molar-refractivity contribution >= 4 is 65.6 Å². The molecule has 0 aliphatic carbocycles. The van der Waals surface area contributed by atoms with E-state index in [1.807, 2.05) is 36.4 Å². The second-order valence-corrected chi connectivity index (χ2v) is 24.7. The molecule has 0 fully saturated rings. The third-order valence-corrected chi connectivity index (χ3v) is 15.4. The van der Waals surface area contributed by atoms with Gasteiger partial charge in [0.2, 0.25) is 0 Å². The fraction of sp³-hybridized carbons (Fsp3) is 0.232. The van der Waals surface area contributed by atoms with Crippen LogP contribution in [0.25, 0.3) is 111 Å². The summed E-state index contributed by atoms with van der Waals surface area (Å²) >= 11 is 0. The molecular formula is C69H63N5O. The lowest BCUT2D eigenvalue weighted by atomic mass is 9.85. The summed E-state index contributed by atoms with van der Waals surface area (Å²) in [6.45, 7) is 27.2. The minimum atomic E-state index is -0.0858. The van der Waals surface area contributed by atoms with Gasteiger partial charge in [0.25, 0.3) is 0 Å². The normalized spacial score (nSPS) is 12.8. The number of aromatic nitrogens is 4. The van der Waals surface area contributed by atoms with E-state index in [-0.39, 0.29) is 21.7 Å². The van der Waals surface area contributed by atoms with Crippen molar-refractivity contribution < 1.29 is 4.42 Å². The van der Waals surface area contributed by atoms with Gasteiger partial charge < -0.3 is 13.6 Å². The van der Waals surface area contributed by atoms with Crippen LogP contribution in [0.2, 0.25) is 0 Å². The fourth-order valence-corrected chi connectivity index (χ4v) is 11.1. The standard InChI is InChI=1S/C69H63N5O/c1-66(2,3)44-26-30-56-50(35-44)51-36-45(67(4,5)6)27-31-57(51)73(56)60-34-43(40-70)62(74-58-32-28-46(68(7,8)9)37-52(58)53-38-47(69(10,11)12)29-33-59(53)74)64-61(60)49-25-19-24-48(63(49)75-64)55-39-54(41-20-15-13-16-21-41)71-65(72-55)42-22-17-14-18-23-42/h13-39H,1-12H3. The van der Waals surface area contributed by atoms with Crippen molar-refractivity contribution in [3.05, 3.63) is 192 Å². The summed E-state index contributed by atoms with van der Waals surface area (Å²) in [6.07, 6.45) is 0. The Bertz CT molecular complexity index is 4120. The molecule has 8 aromatic carbocycles. The molecule has 0 saturated heterocycles. The zero-order valence-electron chi connectivity index (χ0n) is 45.2. The Morgan fingerprint density at radius 1 is 0.413 bits per heavy atom. The van der Waals surface area contributed by atoms with E-state index >= 15 is 0 Å². The molecule has 12 rings (SSSR count). The molecule has 75 heavy (non-hydrogen) atoms. The summed E-state index contributed by atoms with van der Waals surface area (Å²) in [5.41, 5.74) is 16.5. The summed E-state index contributed by atoms with van der Waals surface area (Å²) in [7, 11) is 0. The van der Waals surface area contributed by atoms with E-state index in [1.165, 1.54) is 33.0 Å². The van der Waals surface area contributed by atoms with Crippen LogP contribution in [0.5, 0.6) is 0 Å². The first kappa shape index (κ1) is 47.7. The largest absolute Gasteiger partial charge is 0.453 e. The highest BCUT2D eigenvalue weighted by atomic mass is 16.3. The summed E-state index contributed by atoms with van der Waals surface area (Å²) in [5.74, 6) is 0.622. The lowest BCUT2D eigenvalue weighted by Crippen LogP contribution is -2.10. The van der Waals surface area contributed by atoms with Gasteiger partial charge in [-0.25, -0.2) is 9.97 Å². The third-order valence-electron chi connectivity index (χ3n) is 15.4. The van der Waals surface area contributed by atoms with E-state index in [2.05, 4.69) is 226 Å². The Balaban J connectivity index is 1.25. The van der Waals surface area contributed by atoms with Gasteiger partial charge in [-0.3, -0.25) is 0 Å². The average molecular weight is 978 g/mol. The van der Waals surface area contributed by atoms with Gasteiger partial charge in [0.1, 0.15) is 17.3 Å². The maximum atomic E-state index is 11.8. The highest BCUT2D eigenvalue weighted by molar-refractivity contribution is 6.20. The van der Waals surface area contributed by atoms with Crippen molar-refractivity contribution in [1.29, 1.82) is 5.26 Å². The second-order valence-electron chi connectivity index (χ2n) is 24.7. The van der Waals surface area contributed by atoms with Crippen LogP contribution in [0.15, 0.2) is 168 Å². The Kier molecular flexibility index (Phi) is 10.7. The topological polar surface area (TPSA) is 72.6 Å². The molecule has 0 aliphatic rings. The van der Waals surface area contributed by atoms with E-state index in [1.54, 1.807) is 0 Å². The van der Waals surface area contributed by atoms with Crippen molar-refractivity contribution in [2.45, 2.75) is 105 Å². The number of hydrogen-bond donors (Lipinski definition) is 0. The van der Waals surface area contributed by atoms with Gasteiger partial charge in [-0.05, 0) is 111 Å². The quantitative estimate of drug-likeness (QED) is 0.172. The number of para-hydroxylation sites is 1. The minimum Gasteiger partial charge on any atom is -0.453 e. The predicted molar refractivity (Wildman–Crippen MR) is 314 cm³/mol. The molecule has 0 spiro atoms. The maximum absolute atomic E-state index is 11.8. The zero-order chi connectivity index (χ0) is 52.5. The molecule has 4 aromatic heterocycles. The Labute approximate surface area is 439 Å². The Morgan fingerprint density at radius 2 is 0.853 bits per heavy atom. The van der Waals surface area contributed by atoms with Gasteiger partial charge in [0.15, 0.2) is 11.4 Å². The van der Waals surface area contributed by atoms with Crippen LogP contribution in [-0.4, -0.2) is 19.1 Å². The molecule has 0 radical (unpaired) electrons. The number of rotatable bonds is 5. The number of hydrogen-bond acceptors (Lipinski definition) is 4. The number of furan rings is 1. The molecule has 6 nitrogen and oxygen atoms in total. The second kappa shape index (κ2) is 16.9. The first-order valence-corrected chi connectivity index (χ1v) is 26.3. The summed E-state index contributed by atoms with van der Waals surface area (Å²) in [6, 6.07) is 61.3. The smallest absolute Gasteiger partial charge is 0.162 e. The molecule has 0 amide bonds. The summed E-state index contributed by atoms with van der Waals surface area (Å²) < 4.78 is 12.3. The van der Waals surface area contributed by atoms with Crippen molar-refractivity contribution in [2.75, 3.05) is 0 Å². The van der Waals surface area contributed by atoms with Crippen LogP contribution in [-0.2, 0) is 21.7 Å². The van der Waals surface area contributed by atoms with E-state index in [9.17, 15) is 5.26 Å². The molecule has 0 bridgehead atoms. The van der Waals surface area contributed by atoms with Crippen molar-refractivity contribution in [3.63, 3.8) is 0 Å². The lowest BCUT2D eigenvalue weighted by Gasteiger charge is -2.20. The molecular weight excluding hydrogens is 915 g/mol. The van der Waals surface area contributed by atoms with Crippen LogP contribution in [0, 0.1) is 11.3 Å². The van der Waals surface area contributed by atoms with Crippen LogP contribution in [0.1, 0.15) is 111 Å². The van der Waals surface area contributed by atoms with Gasteiger partial charge >= 0.3 is 0 Å². The predicted octanol–water partition coefficient (Wildman–Crippen LogP) is 18.6. The summed E-state index contributed by atoms with van der Waals surface area (Å²) in [5, 5.41) is 18.2. The monoisotopic (exact) mass is 978 g/mol. The van der Waals surface area contributed by atoms with Gasteiger partial charge in [0, 0.05) is 43.6 Å². The number of nitriles is 1.